The standard InChI is InChI=1S/C16H12Cl2N4O2/c1-24-16(23)11-7-5-10(6-8-11)9-22-15(19-20-21-22)12-3-2-4-13(17)14(12)18/h2-8H,9H2,1H3. The molecule has 0 atom stereocenters. The molecule has 0 amide bonds. The van der Waals surface area contributed by atoms with E-state index in [1.165, 1.54) is 7.11 Å². The van der Waals surface area contributed by atoms with Crippen molar-refractivity contribution in [3.8, 4) is 11.4 Å². The number of carbonyl (C=O) groups excluding carboxylic acids is 1. The van der Waals surface area contributed by atoms with E-state index in [1.807, 2.05) is 12.1 Å². The van der Waals surface area contributed by atoms with Gasteiger partial charge in [0.2, 0.25) is 0 Å². The second kappa shape index (κ2) is 6.98. The fourth-order valence-corrected chi connectivity index (χ4v) is 2.60. The monoisotopic (exact) mass is 362 g/mol. The Kier molecular flexibility index (Phi) is 4.78. The minimum absolute atomic E-state index is 0.379. The lowest BCUT2D eigenvalue weighted by Crippen LogP contribution is -2.06. The maximum Gasteiger partial charge on any atom is 0.337 e. The molecule has 0 bridgehead atoms. The van der Waals surface area contributed by atoms with E-state index in [-0.39, 0.29) is 5.97 Å². The van der Waals surface area contributed by atoms with Gasteiger partial charge in [-0.25, -0.2) is 9.48 Å². The minimum Gasteiger partial charge on any atom is -0.465 e. The number of halogens is 2. The highest BCUT2D eigenvalue weighted by Crippen LogP contribution is 2.32. The van der Waals surface area contributed by atoms with Crippen LogP contribution in [0.3, 0.4) is 0 Å². The zero-order chi connectivity index (χ0) is 17.1. The van der Waals surface area contributed by atoms with Crippen LogP contribution in [0.15, 0.2) is 42.5 Å². The van der Waals surface area contributed by atoms with Crippen molar-refractivity contribution in [1.29, 1.82) is 0 Å². The summed E-state index contributed by atoms with van der Waals surface area (Å²) in [6, 6.07) is 12.3. The van der Waals surface area contributed by atoms with Crippen molar-refractivity contribution in [3.05, 3.63) is 63.6 Å². The number of aromatic nitrogens is 4. The second-order valence-corrected chi connectivity index (χ2v) is 5.74. The third kappa shape index (κ3) is 3.25. The second-order valence-electron chi connectivity index (χ2n) is 4.95. The van der Waals surface area contributed by atoms with Crippen LogP contribution in [-0.2, 0) is 11.3 Å². The third-order valence-corrected chi connectivity index (χ3v) is 4.25. The topological polar surface area (TPSA) is 69.9 Å². The van der Waals surface area contributed by atoms with Crippen LogP contribution in [0.1, 0.15) is 15.9 Å². The molecule has 0 saturated carbocycles. The van der Waals surface area contributed by atoms with Gasteiger partial charge in [-0.15, -0.1) is 5.10 Å². The Bertz CT molecular complexity index is 878. The largest absolute Gasteiger partial charge is 0.465 e. The molecule has 1 heterocycles. The molecule has 122 valence electrons. The van der Waals surface area contributed by atoms with Crippen LogP contribution in [-0.4, -0.2) is 33.3 Å². The number of tetrazole rings is 1. The van der Waals surface area contributed by atoms with E-state index in [0.29, 0.717) is 33.5 Å². The number of methoxy groups -OCH3 is 1. The Morgan fingerprint density at radius 3 is 2.62 bits per heavy atom. The number of rotatable bonds is 4. The zero-order valence-corrected chi connectivity index (χ0v) is 14.1. The van der Waals surface area contributed by atoms with E-state index in [1.54, 1.807) is 35.0 Å². The average Bonchev–Trinajstić information content (AvgIpc) is 3.05. The number of carbonyl (C=O) groups is 1. The number of ether oxygens (including phenoxy) is 1. The van der Waals surface area contributed by atoms with Crippen LogP contribution in [0.25, 0.3) is 11.4 Å². The first-order valence-electron chi connectivity index (χ1n) is 6.98. The first kappa shape index (κ1) is 16.4. The van der Waals surface area contributed by atoms with Crippen molar-refractivity contribution < 1.29 is 9.53 Å². The van der Waals surface area contributed by atoms with Crippen LogP contribution in [0.4, 0.5) is 0 Å². The summed E-state index contributed by atoms with van der Waals surface area (Å²) in [5.41, 5.74) is 2.06. The summed E-state index contributed by atoms with van der Waals surface area (Å²) in [7, 11) is 1.35. The Morgan fingerprint density at radius 1 is 1.17 bits per heavy atom. The fourth-order valence-electron chi connectivity index (χ4n) is 2.22. The highest BCUT2D eigenvalue weighted by Gasteiger charge is 2.14. The average molecular weight is 363 g/mol. The van der Waals surface area contributed by atoms with Gasteiger partial charge < -0.3 is 4.74 Å². The molecular formula is C16H12Cl2N4O2. The molecule has 0 aliphatic rings. The number of esters is 1. The van der Waals surface area contributed by atoms with Gasteiger partial charge >= 0.3 is 5.97 Å². The SMILES string of the molecule is COC(=O)c1ccc(Cn2nnnc2-c2cccc(Cl)c2Cl)cc1. The summed E-state index contributed by atoms with van der Waals surface area (Å²) in [5, 5.41) is 12.6. The summed E-state index contributed by atoms with van der Waals surface area (Å²) in [6.07, 6.45) is 0. The molecule has 0 spiro atoms. The van der Waals surface area contributed by atoms with Gasteiger partial charge in [-0.1, -0.05) is 41.4 Å². The first-order valence-corrected chi connectivity index (χ1v) is 7.73. The van der Waals surface area contributed by atoms with E-state index in [9.17, 15) is 4.79 Å². The lowest BCUT2D eigenvalue weighted by atomic mass is 10.1. The van der Waals surface area contributed by atoms with Gasteiger partial charge in [-0.05, 0) is 40.3 Å². The summed E-state index contributed by atoms with van der Waals surface area (Å²) < 4.78 is 6.30. The summed E-state index contributed by atoms with van der Waals surface area (Å²) in [4.78, 5) is 11.5. The molecule has 6 nitrogen and oxygen atoms in total. The van der Waals surface area contributed by atoms with Crippen molar-refractivity contribution in [1.82, 2.24) is 20.2 Å². The molecule has 24 heavy (non-hydrogen) atoms. The minimum atomic E-state index is -0.379. The Hall–Kier alpha value is -2.44. The third-order valence-electron chi connectivity index (χ3n) is 3.43. The highest BCUT2D eigenvalue weighted by molar-refractivity contribution is 6.43. The van der Waals surface area contributed by atoms with Crippen LogP contribution in [0.5, 0.6) is 0 Å². The molecule has 0 fully saturated rings. The van der Waals surface area contributed by atoms with E-state index >= 15 is 0 Å². The van der Waals surface area contributed by atoms with Crippen LogP contribution < -0.4 is 0 Å². The molecule has 3 aromatic rings. The van der Waals surface area contributed by atoms with Gasteiger partial charge in [0.25, 0.3) is 0 Å². The van der Waals surface area contributed by atoms with E-state index in [0.717, 1.165) is 5.56 Å². The Labute approximate surface area is 148 Å². The fraction of sp³-hybridized carbons (Fsp3) is 0.125. The predicted molar refractivity (Wildman–Crippen MR) is 90.2 cm³/mol. The molecule has 2 aromatic carbocycles. The van der Waals surface area contributed by atoms with Gasteiger partial charge in [-0.2, -0.15) is 0 Å². The van der Waals surface area contributed by atoms with Gasteiger partial charge in [0.1, 0.15) is 0 Å². The molecule has 0 aliphatic heterocycles. The normalized spacial score (nSPS) is 10.6. The first-order chi connectivity index (χ1) is 11.6. The molecule has 0 radical (unpaired) electrons. The van der Waals surface area contributed by atoms with Crippen LogP contribution in [0, 0.1) is 0 Å². The Morgan fingerprint density at radius 2 is 1.92 bits per heavy atom. The molecular weight excluding hydrogens is 351 g/mol. The van der Waals surface area contributed by atoms with Gasteiger partial charge in [0, 0.05) is 5.56 Å². The van der Waals surface area contributed by atoms with Crippen molar-refractivity contribution in [2.24, 2.45) is 0 Å². The number of nitrogens with zero attached hydrogens (tertiary/aromatic N) is 4. The molecule has 8 heteroatoms. The smallest absolute Gasteiger partial charge is 0.337 e. The van der Waals surface area contributed by atoms with Crippen LogP contribution >= 0.6 is 23.2 Å². The molecule has 1 aromatic heterocycles. The highest BCUT2D eigenvalue weighted by atomic mass is 35.5. The summed E-state index contributed by atoms with van der Waals surface area (Å²) in [6.45, 7) is 0.423. The number of hydrogen-bond donors (Lipinski definition) is 0. The molecule has 0 N–H and O–H groups in total. The van der Waals surface area contributed by atoms with Crippen molar-refractivity contribution in [3.63, 3.8) is 0 Å². The molecule has 3 rings (SSSR count). The van der Waals surface area contributed by atoms with Crippen molar-refractivity contribution in [2.45, 2.75) is 6.54 Å². The molecule has 0 saturated heterocycles. The van der Waals surface area contributed by atoms with Crippen LogP contribution in [0.2, 0.25) is 10.0 Å². The lowest BCUT2D eigenvalue weighted by Gasteiger charge is -2.08. The molecule has 0 aliphatic carbocycles. The number of benzene rings is 2. The van der Waals surface area contributed by atoms with E-state index < -0.39 is 0 Å². The molecule has 0 unspecified atom stereocenters. The maximum atomic E-state index is 11.5. The lowest BCUT2D eigenvalue weighted by molar-refractivity contribution is 0.0600. The summed E-state index contributed by atoms with van der Waals surface area (Å²) in [5.74, 6) is 0.134. The van der Waals surface area contributed by atoms with Crippen molar-refractivity contribution in [2.75, 3.05) is 7.11 Å². The number of hydrogen-bond acceptors (Lipinski definition) is 5. The van der Waals surface area contributed by atoms with E-state index in [2.05, 4.69) is 20.3 Å². The van der Waals surface area contributed by atoms with Gasteiger partial charge in [-0.3, -0.25) is 0 Å². The Balaban J connectivity index is 1.89. The van der Waals surface area contributed by atoms with Crippen molar-refractivity contribution >= 4 is 29.2 Å². The quantitative estimate of drug-likeness (QED) is 0.664. The van der Waals surface area contributed by atoms with E-state index in [4.69, 9.17) is 23.2 Å². The predicted octanol–water partition coefficient (Wildman–Crippen LogP) is 3.48. The van der Waals surface area contributed by atoms with Gasteiger partial charge in [0.15, 0.2) is 5.82 Å². The van der Waals surface area contributed by atoms with Gasteiger partial charge in [0.05, 0.1) is 29.3 Å². The zero-order valence-electron chi connectivity index (χ0n) is 12.6. The maximum absolute atomic E-state index is 11.5. The summed E-state index contributed by atoms with van der Waals surface area (Å²) >= 11 is 12.3.